The highest BCUT2D eigenvalue weighted by Crippen LogP contribution is 2.27. The van der Waals surface area contributed by atoms with E-state index in [-0.39, 0.29) is 5.91 Å². The van der Waals surface area contributed by atoms with Crippen molar-refractivity contribution in [3.8, 4) is 5.75 Å². The van der Waals surface area contributed by atoms with Gasteiger partial charge in [-0.3, -0.25) is 4.79 Å². The number of carbonyl (C=O) groups excluding carboxylic acids is 1. The molecule has 1 N–H and O–H groups in total. The Labute approximate surface area is 104 Å². The summed E-state index contributed by atoms with van der Waals surface area (Å²) in [5.41, 5.74) is 2.18. The van der Waals surface area contributed by atoms with E-state index in [0.29, 0.717) is 13.2 Å². The standard InChI is InChI=1S/C12H16BrNO2/c1-8-6-11(13)7-9(2)12(8)16-5-4-14-10(3)15/h6-7H,4-5H2,1-3H3,(H,14,15). The molecule has 0 aromatic heterocycles. The maximum Gasteiger partial charge on any atom is 0.216 e. The summed E-state index contributed by atoms with van der Waals surface area (Å²) in [6, 6.07) is 4.03. The minimum atomic E-state index is -0.0344. The Morgan fingerprint density at radius 2 is 1.94 bits per heavy atom. The van der Waals surface area contributed by atoms with Gasteiger partial charge in [0.15, 0.2) is 0 Å². The van der Waals surface area contributed by atoms with Crippen LogP contribution in [0.1, 0.15) is 18.1 Å². The van der Waals surface area contributed by atoms with Crippen molar-refractivity contribution in [2.24, 2.45) is 0 Å². The lowest BCUT2D eigenvalue weighted by atomic mass is 10.1. The Kier molecular flexibility index (Phi) is 4.80. The number of amides is 1. The highest BCUT2D eigenvalue weighted by molar-refractivity contribution is 9.10. The van der Waals surface area contributed by atoms with Crippen LogP contribution in [0.4, 0.5) is 0 Å². The minimum absolute atomic E-state index is 0.0344. The van der Waals surface area contributed by atoms with Gasteiger partial charge in [0.2, 0.25) is 5.91 Å². The maximum atomic E-state index is 10.7. The fourth-order valence-electron chi connectivity index (χ4n) is 1.51. The number of carbonyl (C=O) groups is 1. The number of hydrogen-bond acceptors (Lipinski definition) is 2. The van der Waals surface area contributed by atoms with Crippen molar-refractivity contribution < 1.29 is 9.53 Å². The average molecular weight is 286 g/mol. The normalized spacial score (nSPS) is 10.0. The van der Waals surface area contributed by atoms with Gasteiger partial charge in [0.05, 0.1) is 6.54 Å². The van der Waals surface area contributed by atoms with Gasteiger partial charge >= 0.3 is 0 Å². The van der Waals surface area contributed by atoms with Crippen molar-refractivity contribution in [3.63, 3.8) is 0 Å². The molecule has 1 amide bonds. The van der Waals surface area contributed by atoms with E-state index in [1.165, 1.54) is 6.92 Å². The fourth-order valence-corrected chi connectivity index (χ4v) is 2.19. The number of benzene rings is 1. The predicted molar refractivity (Wildman–Crippen MR) is 67.8 cm³/mol. The first-order valence-corrected chi connectivity index (χ1v) is 5.94. The first-order valence-electron chi connectivity index (χ1n) is 5.14. The molecule has 0 heterocycles. The van der Waals surface area contributed by atoms with Crippen LogP contribution < -0.4 is 10.1 Å². The number of nitrogens with one attached hydrogen (secondary N) is 1. The van der Waals surface area contributed by atoms with Gasteiger partial charge in [0, 0.05) is 11.4 Å². The van der Waals surface area contributed by atoms with Gasteiger partial charge in [0.1, 0.15) is 12.4 Å². The molecular formula is C12H16BrNO2. The summed E-state index contributed by atoms with van der Waals surface area (Å²) in [5.74, 6) is 0.862. The van der Waals surface area contributed by atoms with Crippen molar-refractivity contribution in [3.05, 3.63) is 27.7 Å². The van der Waals surface area contributed by atoms with E-state index in [0.717, 1.165) is 21.3 Å². The summed E-state index contributed by atoms with van der Waals surface area (Å²) < 4.78 is 6.69. The van der Waals surface area contributed by atoms with E-state index < -0.39 is 0 Å². The van der Waals surface area contributed by atoms with Crippen LogP contribution in [-0.4, -0.2) is 19.1 Å². The lowest BCUT2D eigenvalue weighted by molar-refractivity contribution is -0.119. The largest absolute Gasteiger partial charge is 0.491 e. The lowest BCUT2D eigenvalue weighted by Gasteiger charge is -2.12. The molecule has 0 aliphatic rings. The Bertz CT molecular complexity index is 368. The molecular weight excluding hydrogens is 270 g/mol. The molecule has 1 aromatic carbocycles. The highest BCUT2D eigenvalue weighted by atomic mass is 79.9. The van der Waals surface area contributed by atoms with Crippen LogP contribution in [0.25, 0.3) is 0 Å². The molecule has 0 fully saturated rings. The number of rotatable bonds is 4. The molecule has 0 saturated heterocycles. The van der Waals surface area contributed by atoms with Gasteiger partial charge in [-0.05, 0) is 37.1 Å². The fraction of sp³-hybridized carbons (Fsp3) is 0.417. The molecule has 0 aliphatic heterocycles. The molecule has 0 bridgehead atoms. The number of aryl methyl sites for hydroxylation is 2. The molecule has 0 unspecified atom stereocenters. The molecule has 0 spiro atoms. The molecule has 1 rings (SSSR count). The topological polar surface area (TPSA) is 38.3 Å². The van der Waals surface area contributed by atoms with Crippen molar-refractivity contribution in [1.29, 1.82) is 0 Å². The number of ether oxygens (including phenoxy) is 1. The highest BCUT2D eigenvalue weighted by Gasteiger charge is 2.05. The molecule has 88 valence electrons. The zero-order valence-corrected chi connectivity index (χ0v) is 11.3. The van der Waals surface area contributed by atoms with Crippen molar-refractivity contribution in [2.45, 2.75) is 20.8 Å². The Morgan fingerprint density at radius 3 is 2.44 bits per heavy atom. The van der Waals surface area contributed by atoms with Crippen molar-refractivity contribution >= 4 is 21.8 Å². The summed E-state index contributed by atoms with van der Waals surface area (Å²) in [6.07, 6.45) is 0. The lowest BCUT2D eigenvalue weighted by Crippen LogP contribution is -2.25. The van der Waals surface area contributed by atoms with E-state index in [1.807, 2.05) is 26.0 Å². The molecule has 0 atom stereocenters. The quantitative estimate of drug-likeness (QED) is 0.864. The SMILES string of the molecule is CC(=O)NCCOc1c(C)cc(Br)cc1C. The summed E-state index contributed by atoms with van der Waals surface area (Å²) in [5, 5.41) is 2.69. The monoisotopic (exact) mass is 285 g/mol. The van der Waals surface area contributed by atoms with Crippen LogP contribution in [0.5, 0.6) is 5.75 Å². The van der Waals surface area contributed by atoms with E-state index in [4.69, 9.17) is 4.74 Å². The third kappa shape index (κ3) is 3.85. The average Bonchev–Trinajstić information content (AvgIpc) is 2.14. The van der Waals surface area contributed by atoms with Crippen LogP contribution in [0.2, 0.25) is 0 Å². The van der Waals surface area contributed by atoms with E-state index in [1.54, 1.807) is 0 Å². The van der Waals surface area contributed by atoms with Gasteiger partial charge in [-0.25, -0.2) is 0 Å². The van der Waals surface area contributed by atoms with Crippen molar-refractivity contribution in [2.75, 3.05) is 13.2 Å². The third-order valence-electron chi connectivity index (χ3n) is 2.15. The Morgan fingerprint density at radius 1 is 1.38 bits per heavy atom. The first-order chi connectivity index (χ1) is 7.50. The molecule has 0 aliphatic carbocycles. The first kappa shape index (κ1) is 13.0. The maximum absolute atomic E-state index is 10.7. The third-order valence-corrected chi connectivity index (χ3v) is 2.61. The number of hydrogen-bond donors (Lipinski definition) is 1. The van der Waals surface area contributed by atoms with E-state index >= 15 is 0 Å². The smallest absolute Gasteiger partial charge is 0.216 e. The predicted octanol–water partition coefficient (Wildman–Crippen LogP) is 2.58. The molecule has 0 saturated carbocycles. The summed E-state index contributed by atoms with van der Waals surface area (Å²) in [7, 11) is 0. The Balaban J connectivity index is 2.57. The van der Waals surface area contributed by atoms with Gasteiger partial charge in [-0.15, -0.1) is 0 Å². The molecule has 1 aromatic rings. The minimum Gasteiger partial charge on any atom is -0.491 e. The summed E-state index contributed by atoms with van der Waals surface area (Å²) >= 11 is 3.44. The van der Waals surface area contributed by atoms with E-state index in [9.17, 15) is 4.79 Å². The van der Waals surface area contributed by atoms with Crippen molar-refractivity contribution in [1.82, 2.24) is 5.32 Å². The zero-order chi connectivity index (χ0) is 12.1. The molecule has 3 nitrogen and oxygen atoms in total. The van der Waals surface area contributed by atoms with Gasteiger partial charge in [-0.2, -0.15) is 0 Å². The van der Waals surface area contributed by atoms with Gasteiger partial charge in [-0.1, -0.05) is 15.9 Å². The van der Waals surface area contributed by atoms with Crippen LogP contribution >= 0.6 is 15.9 Å². The van der Waals surface area contributed by atoms with Gasteiger partial charge < -0.3 is 10.1 Å². The second-order valence-electron chi connectivity index (χ2n) is 3.70. The van der Waals surface area contributed by atoms with Crippen LogP contribution in [0.15, 0.2) is 16.6 Å². The Hall–Kier alpha value is -1.03. The van der Waals surface area contributed by atoms with Gasteiger partial charge in [0.25, 0.3) is 0 Å². The molecule has 0 radical (unpaired) electrons. The van der Waals surface area contributed by atoms with Crippen LogP contribution in [0, 0.1) is 13.8 Å². The van der Waals surface area contributed by atoms with Crippen LogP contribution in [-0.2, 0) is 4.79 Å². The molecule has 16 heavy (non-hydrogen) atoms. The number of halogens is 1. The molecule has 4 heteroatoms. The van der Waals surface area contributed by atoms with E-state index in [2.05, 4.69) is 21.2 Å². The summed E-state index contributed by atoms with van der Waals surface area (Å²) in [4.78, 5) is 10.7. The zero-order valence-electron chi connectivity index (χ0n) is 9.76. The second-order valence-corrected chi connectivity index (χ2v) is 4.62. The summed E-state index contributed by atoms with van der Waals surface area (Å²) in [6.45, 7) is 6.53. The van der Waals surface area contributed by atoms with Crippen LogP contribution in [0.3, 0.4) is 0 Å². The second kappa shape index (κ2) is 5.89.